The molecule has 1 aliphatic rings. The predicted molar refractivity (Wildman–Crippen MR) is 98.0 cm³/mol. The largest absolute Gasteiger partial charge is 0.307 e. The van der Waals surface area contributed by atoms with Crippen LogP contribution >= 0.6 is 0 Å². The van der Waals surface area contributed by atoms with E-state index in [1.165, 1.54) is 11.1 Å². The number of H-pyrrole nitrogens is 1. The molecule has 26 heavy (non-hydrogen) atoms. The van der Waals surface area contributed by atoms with E-state index in [1.807, 2.05) is 17.9 Å². The quantitative estimate of drug-likeness (QED) is 0.786. The minimum Gasteiger partial charge on any atom is -0.307 e. The molecule has 0 spiro atoms. The van der Waals surface area contributed by atoms with Crippen LogP contribution < -0.4 is 4.90 Å². The van der Waals surface area contributed by atoms with Crippen LogP contribution in [0.3, 0.4) is 0 Å². The summed E-state index contributed by atoms with van der Waals surface area (Å²) in [7, 11) is 0. The standard InChI is InChI=1S/C19H20N6O/c1-3-13-6-7-14-5-4-10-25(17(14)11-13)19(26)16-9-8-15(12(2)20-16)18-21-23-24-22-18/h6-9,11H,3-5,10H2,1-2H3,(H,21,22,23,24). The molecule has 0 saturated heterocycles. The molecule has 132 valence electrons. The second-order valence-corrected chi connectivity index (χ2v) is 6.44. The average molecular weight is 348 g/mol. The van der Waals surface area contributed by atoms with Gasteiger partial charge in [-0.3, -0.25) is 4.79 Å². The van der Waals surface area contributed by atoms with Gasteiger partial charge in [0.25, 0.3) is 5.91 Å². The summed E-state index contributed by atoms with van der Waals surface area (Å²) in [5, 5.41) is 14.0. The first kappa shape index (κ1) is 16.4. The second kappa shape index (κ2) is 6.67. The summed E-state index contributed by atoms with van der Waals surface area (Å²) in [5.41, 5.74) is 5.38. The number of carbonyl (C=O) groups is 1. The van der Waals surface area contributed by atoms with E-state index in [4.69, 9.17) is 0 Å². The highest BCUT2D eigenvalue weighted by Gasteiger charge is 2.25. The molecule has 1 N–H and O–H groups in total. The molecule has 7 heteroatoms. The number of aryl methyl sites for hydroxylation is 3. The van der Waals surface area contributed by atoms with Crippen molar-refractivity contribution in [1.29, 1.82) is 0 Å². The highest BCUT2D eigenvalue weighted by Crippen LogP contribution is 2.30. The number of hydrogen-bond acceptors (Lipinski definition) is 5. The summed E-state index contributed by atoms with van der Waals surface area (Å²) in [6, 6.07) is 9.99. The lowest BCUT2D eigenvalue weighted by atomic mass is 9.98. The molecule has 0 saturated carbocycles. The molecule has 0 radical (unpaired) electrons. The van der Waals surface area contributed by atoms with Gasteiger partial charge in [-0.25, -0.2) is 4.98 Å². The molecule has 0 aliphatic carbocycles. The fraction of sp³-hybridized carbons (Fsp3) is 0.316. The first-order valence-electron chi connectivity index (χ1n) is 8.82. The molecule has 0 fully saturated rings. The Hall–Kier alpha value is -3.09. The number of pyridine rings is 1. The second-order valence-electron chi connectivity index (χ2n) is 6.44. The van der Waals surface area contributed by atoms with Gasteiger partial charge >= 0.3 is 0 Å². The van der Waals surface area contributed by atoms with Crippen LogP contribution in [-0.4, -0.2) is 38.1 Å². The Kier molecular flexibility index (Phi) is 4.20. The first-order valence-corrected chi connectivity index (χ1v) is 8.82. The smallest absolute Gasteiger partial charge is 0.276 e. The van der Waals surface area contributed by atoms with Gasteiger partial charge in [-0.2, -0.15) is 5.21 Å². The van der Waals surface area contributed by atoms with Crippen molar-refractivity contribution in [3.8, 4) is 11.4 Å². The van der Waals surface area contributed by atoms with Crippen molar-refractivity contribution in [3.05, 3.63) is 52.8 Å². The number of anilines is 1. The van der Waals surface area contributed by atoms with Crippen molar-refractivity contribution >= 4 is 11.6 Å². The van der Waals surface area contributed by atoms with Crippen LogP contribution in [0.4, 0.5) is 5.69 Å². The lowest BCUT2D eigenvalue weighted by Crippen LogP contribution is -2.36. The Labute approximate surface area is 151 Å². The van der Waals surface area contributed by atoms with Crippen LogP contribution in [0.25, 0.3) is 11.4 Å². The number of aromatic nitrogens is 5. The van der Waals surface area contributed by atoms with Crippen molar-refractivity contribution in [2.75, 3.05) is 11.4 Å². The Bertz CT molecular complexity index is 951. The monoisotopic (exact) mass is 348 g/mol. The Balaban J connectivity index is 1.68. The van der Waals surface area contributed by atoms with Crippen molar-refractivity contribution in [2.24, 2.45) is 0 Å². The molecule has 1 aromatic carbocycles. The van der Waals surface area contributed by atoms with Crippen molar-refractivity contribution in [2.45, 2.75) is 33.1 Å². The van der Waals surface area contributed by atoms with Gasteiger partial charge in [-0.1, -0.05) is 19.1 Å². The van der Waals surface area contributed by atoms with Crippen molar-refractivity contribution in [3.63, 3.8) is 0 Å². The van der Waals surface area contributed by atoms with E-state index < -0.39 is 0 Å². The van der Waals surface area contributed by atoms with E-state index in [0.717, 1.165) is 30.5 Å². The van der Waals surface area contributed by atoms with Gasteiger partial charge in [0.05, 0.1) is 0 Å². The number of tetrazole rings is 1. The third-order valence-electron chi connectivity index (χ3n) is 4.81. The predicted octanol–water partition coefficient (Wildman–Crippen LogP) is 2.73. The van der Waals surface area contributed by atoms with Crippen LogP contribution in [0.1, 0.15) is 40.7 Å². The maximum absolute atomic E-state index is 13.1. The minimum atomic E-state index is -0.0676. The van der Waals surface area contributed by atoms with Crippen molar-refractivity contribution in [1.82, 2.24) is 25.6 Å². The van der Waals surface area contributed by atoms with E-state index >= 15 is 0 Å². The average Bonchev–Trinajstić information content (AvgIpc) is 3.20. The third kappa shape index (κ3) is 2.85. The zero-order chi connectivity index (χ0) is 18.1. The van der Waals surface area contributed by atoms with Gasteiger partial charge in [0, 0.05) is 23.5 Å². The molecule has 0 atom stereocenters. The summed E-state index contributed by atoms with van der Waals surface area (Å²) < 4.78 is 0. The maximum Gasteiger partial charge on any atom is 0.276 e. The molecule has 4 rings (SSSR count). The number of rotatable bonds is 3. The molecule has 2 aromatic heterocycles. The highest BCUT2D eigenvalue weighted by molar-refractivity contribution is 6.05. The topological polar surface area (TPSA) is 87.7 Å². The summed E-state index contributed by atoms with van der Waals surface area (Å²) in [4.78, 5) is 19.5. The number of aromatic amines is 1. The third-order valence-corrected chi connectivity index (χ3v) is 4.81. The van der Waals surface area contributed by atoms with Crippen LogP contribution in [0, 0.1) is 6.92 Å². The zero-order valence-electron chi connectivity index (χ0n) is 14.9. The van der Waals surface area contributed by atoms with E-state index in [-0.39, 0.29) is 5.91 Å². The number of nitrogens with zero attached hydrogens (tertiary/aromatic N) is 5. The first-order chi connectivity index (χ1) is 12.7. The summed E-state index contributed by atoms with van der Waals surface area (Å²) in [6.45, 7) is 4.69. The number of hydrogen-bond donors (Lipinski definition) is 1. The van der Waals surface area contributed by atoms with Gasteiger partial charge in [0.1, 0.15) is 5.69 Å². The number of nitrogens with one attached hydrogen (secondary N) is 1. The number of benzene rings is 1. The van der Waals surface area contributed by atoms with E-state index in [9.17, 15) is 4.79 Å². The molecule has 1 amide bonds. The summed E-state index contributed by atoms with van der Waals surface area (Å²) >= 11 is 0. The lowest BCUT2D eigenvalue weighted by molar-refractivity contribution is 0.0980. The number of carbonyl (C=O) groups excluding carboxylic acids is 1. The fourth-order valence-electron chi connectivity index (χ4n) is 3.38. The van der Waals surface area contributed by atoms with Gasteiger partial charge in [0.15, 0.2) is 0 Å². The van der Waals surface area contributed by atoms with E-state index in [2.05, 4.69) is 50.7 Å². The Morgan fingerprint density at radius 3 is 2.88 bits per heavy atom. The highest BCUT2D eigenvalue weighted by atomic mass is 16.2. The normalized spacial score (nSPS) is 13.5. The summed E-state index contributed by atoms with van der Waals surface area (Å²) in [6.07, 6.45) is 2.92. The van der Waals surface area contributed by atoms with Crippen LogP contribution in [0.5, 0.6) is 0 Å². The molecule has 0 bridgehead atoms. The Morgan fingerprint density at radius 2 is 2.15 bits per heavy atom. The maximum atomic E-state index is 13.1. The van der Waals surface area contributed by atoms with E-state index in [0.29, 0.717) is 23.8 Å². The van der Waals surface area contributed by atoms with Crippen molar-refractivity contribution < 1.29 is 4.79 Å². The zero-order valence-corrected chi connectivity index (χ0v) is 14.9. The SMILES string of the molecule is CCc1ccc2c(c1)N(C(=O)c1ccc(-c3nn[nH]n3)c(C)n1)CCC2. The van der Waals surface area contributed by atoms with Gasteiger partial charge in [0.2, 0.25) is 5.82 Å². The summed E-state index contributed by atoms with van der Waals surface area (Å²) in [5.74, 6) is 0.409. The molecule has 7 nitrogen and oxygen atoms in total. The number of fused-ring (bicyclic) bond motifs is 1. The molecule has 1 aliphatic heterocycles. The van der Waals surface area contributed by atoms with Crippen LogP contribution in [0.15, 0.2) is 30.3 Å². The van der Waals surface area contributed by atoms with E-state index in [1.54, 1.807) is 6.07 Å². The fourth-order valence-corrected chi connectivity index (χ4v) is 3.38. The van der Waals surface area contributed by atoms with Crippen LogP contribution in [0.2, 0.25) is 0 Å². The Morgan fingerprint density at radius 1 is 1.27 bits per heavy atom. The molecular formula is C19H20N6O. The van der Waals surface area contributed by atoms with Gasteiger partial charge in [-0.15, -0.1) is 10.2 Å². The van der Waals surface area contributed by atoms with Crippen LogP contribution in [-0.2, 0) is 12.8 Å². The van der Waals surface area contributed by atoms with Gasteiger partial charge < -0.3 is 4.90 Å². The molecule has 3 aromatic rings. The molecule has 0 unspecified atom stereocenters. The molecule has 3 heterocycles. The molecular weight excluding hydrogens is 328 g/mol. The minimum absolute atomic E-state index is 0.0676. The lowest BCUT2D eigenvalue weighted by Gasteiger charge is -2.30. The van der Waals surface area contributed by atoms with Gasteiger partial charge in [-0.05, 0) is 60.7 Å². The number of amides is 1.